The van der Waals surface area contributed by atoms with Crippen LogP contribution < -0.4 is 19.7 Å². The van der Waals surface area contributed by atoms with E-state index in [-0.39, 0.29) is 21.8 Å². The summed E-state index contributed by atoms with van der Waals surface area (Å²) in [6.45, 7) is 2.11. The standard InChI is InChI=1S/C21H17ClN2O7/c1-3-31-16-10-11(9-15(22)17(16)30-2)8-14-18(25)23-21(29)24(19(14)26)13-6-4-12(5-7-13)20(27)28/h4-10H,3H2,1-2H3,(H,27,28)(H,23,25,29)/b14-8+. The zero-order valence-electron chi connectivity index (χ0n) is 16.5. The second-order valence-corrected chi connectivity index (χ2v) is 6.68. The normalized spacial score (nSPS) is 15.1. The Bertz CT molecular complexity index is 1110. The van der Waals surface area contributed by atoms with Gasteiger partial charge in [-0.25, -0.2) is 14.5 Å². The minimum atomic E-state index is -1.15. The van der Waals surface area contributed by atoms with Gasteiger partial charge in [0.2, 0.25) is 0 Å². The van der Waals surface area contributed by atoms with E-state index in [2.05, 4.69) is 5.32 Å². The molecule has 0 aliphatic carbocycles. The van der Waals surface area contributed by atoms with Crippen LogP contribution in [0, 0.1) is 0 Å². The van der Waals surface area contributed by atoms with Crippen LogP contribution in [0.2, 0.25) is 5.02 Å². The summed E-state index contributed by atoms with van der Waals surface area (Å²) in [5.74, 6) is -2.27. The van der Waals surface area contributed by atoms with Crippen LogP contribution in [-0.4, -0.2) is 42.6 Å². The molecule has 2 aromatic rings. The topological polar surface area (TPSA) is 122 Å². The average molecular weight is 445 g/mol. The minimum Gasteiger partial charge on any atom is -0.491 e. The first-order valence-electron chi connectivity index (χ1n) is 9.02. The first kappa shape index (κ1) is 21.8. The van der Waals surface area contributed by atoms with Crippen molar-refractivity contribution in [2.75, 3.05) is 18.6 Å². The van der Waals surface area contributed by atoms with Gasteiger partial charge in [-0.15, -0.1) is 0 Å². The molecule has 31 heavy (non-hydrogen) atoms. The summed E-state index contributed by atoms with van der Waals surface area (Å²) in [5, 5.41) is 11.3. The minimum absolute atomic E-state index is 0.0169. The van der Waals surface area contributed by atoms with E-state index in [4.69, 9.17) is 26.2 Å². The second-order valence-electron chi connectivity index (χ2n) is 6.28. The lowest BCUT2D eigenvalue weighted by molar-refractivity contribution is -0.122. The summed E-state index contributed by atoms with van der Waals surface area (Å²) in [6, 6.07) is 7.17. The largest absolute Gasteiger partial charge is 0.491 e. The molecule has 0 saturated carbocycles. The van der Waals surface area contributed by atoms with Gasteiger partial charge in [-0.05, 0) is 55.0 Å². The van der Waals surface area contributed by atoms with Crippen LogP contribution in [0.3, 0.4) is 0 Å². The maximum absolute atomic E-state index is 13.0. The molecule has 0 bridgehead atoms. The molecule has 2 N–H and O–H groups in total. The van der Waals surface area contributed by atoms with Crippen molar-refractivity contribution in [3.8, 4) is 11.5 Å². The number of rotatable bonds is 6. The van der Waals surface area contributed by atoms with Crippen LogP contribution in [0.5, 0.6) is 11.5 Å². The number of urea groups is 1. The van der Waals surface area contributed by atoms with E-state index >= 15 is 0 Å². The number of imide groups is 2. The smallest absolute Gasteiger partial charge is 0.335 e. The molecule has 1 fully saturated rings. The molecule has 0 aromatic heterocycles. The molecule has 1 aliphatic heterocycles. The molecule has 0 radical (unpaired) electrons. The van der Waals surface area contributed by atoms with Crippen molar-refractivity contribution in [2.24, 2.45) is 0 Å². The third-order valence-corrected chi connectivity index (χ3v) is 4.60. The number of carbonyl (C=O) groups is 4. The van der Waals surface area contributed by atoms with E-state index < -0.39 is 23.8 Å². The summed E-state index contributed by atoms with van der Waals surface area (Å²) < 4.78 is 10.7. The number of barbiturate groups is 1. The molecule has 10 heteroatoms. The van der Waals surface area contributed by atoms with E-state index in [0.29, 0.717) is 23.7 Å². The highest BCUT2D eigenvalue weighted by molar-refractivity contribution is 6.39. The number of benzene rings is 2. The molecule has 0 atom stereocenters. The molecular formula is C21H17ClN2O7. The number of carboxylic acid groups (broad SMARTS) is 1. The van der Waals surface area contributed by atoms with E-state index in [1.54, 1.807) is 13.0 Å². The van der Waals surface area contributed by atoms with Gasteiger partial charge >= 0.3 is 12.0 Å². The summed E-state index contributed by atoms with van der Waals surface area (Å²) in [4.78, 5) is 49.3. The Labute approximate surface area is 181 Å². The highest BCUT2D eigenvalue weighted by Crippen LogP contribution is 2.37. The lowest BCUT2D eigenvalue weighted by atomic mass is 10.1. The number of ether oxygens (including phenoxy) is 2. The number of hydrogen-bond donors (Lipinski definition) is 2. The fraction of sp³-hybridized carbons (Fsp3) is 0.143. The molecule has 0 unspecified atom stereocenters. The number of carboxylic acids is 1. The van der Waals surface area contributed by atoms with E-state index in [0.717, 1.165) is 4.90 Å². The van der Waals surface area contributed by atoms with Crippen molar-refractivity contribution in [1.29, 1.82) is 0 Å². The van der Waals surface area contributed by atoms with Crippen LogP contribution in [0.25, 0.3) is 6.08 Å². The summed E-state index contributed by atoms with van der Waals surface area (Å²) >= 11 is 6.22. The number of nitrogens with one attached hydrogen (secondary N) is 1. The van der Waals surface area contributed by atoms with Gasteiger partial charge in [-0.2, -0.15) is 0 Å². The number of halogens is 1. The van der Waals surface area contributed by atoms with Gasteiger partial charge in [0.05, 0.1) is 30.0 Å². The van der Waals surface area contributed by atoms with Crippen LogP contribution >= 0.6 is 11.6 Å². The number of aromatic carboxylic acids is 1. The Kier molecular flexibility index (Phi) is 6.26. The van der Waals surface area contributed by atoms with Gasteiger partial charge in [0.15, 0.2) is 11.5 Å². The monoisotopic (exact) mass is 444 g/mol. The molecule has 1 heterocycles. The van der Waals surface area contributed by atoms with E-state index in [9.17, 15) is 19.2 Å². The Balaban J connectivity index is 2.02. The second kappa shape index (κ2) is 8.88. The van der Waals surface area contributed by atoms with Gasteiger partial charge in [0, 0.05) is 0 Å². The van der Waals surface area contributed by atoms with Crippen molar-refractivity contribution in [2.45, 2.75) is 6.92 Å². The fourth-order valence-electron chi connectivity index (χ4n) is 2.94. The highest BCUT2D eigenvalue weighted by atomic mass is 35.5. The number of carbonyl (C=O) groups excluding carboxylic acids is 3. The summed E-state index contributed by atoms with van der Waals surface area (Å²) in [6.07, 6.45) is 1.27. The van der Waals surface area contributed by atoms with Crippen LogP contribution in [0.1, 0.15) is 22.8 Å². The van der Waals surface area contributed by atoms with Crippen LogP contribution in [0.4, 0.5) is 10.5 Å². The number of hydrogen-bond acceptors (Lipinski definition) is 6. The van der Waals surface area contributed by atoms with Gasteiger partial charge in [-0.1, -0.05) is 11.6 Å². The highest BCUT2D eigenvalue weighted by Gasteiger charge is 2.37. The predicted octanol–water partition coefficient (Wildman–Crippen LogP) is 3.11. The summed E-state index contributed by atoms with van der Waals surface area (Å²) in [5.41, 5.74) is 0.152. The summed E-state index contributed by atoms with van der Waals surface area (Å²) in [7, 11) is 1.43. The number of amides is 4. The van der Waals surface area contributed by atoms with Crippen LogP contribution in [-0.2, 0) is 9.59 Å². The predicted molar refractivity (Wildman–Crippen MR) is 112 cm³/mol. The molecule has 1 saturated heterocycles. The molecule has 1 aliphatic rings. The fourth-order valence-corrected chi connectivity index (χ4v) is 3.24. The van der Waals surface area contributed by atoms with E-state index in [1.807, 2.05) is 0 Å². The Morgan fingerprint density at radius 3 is 2.45 bits per heavy atom. The average Bonchev–Trinajstić information content (AvgIpc) is 2.71. The Hall–Kier alpha value is -3.85. The Morgan fingerprint density at radius 1 is 1.19 bits per heavy atom. The molecule has 3 rings (SSSR count). The van der Waals surface area contributed by atoms with Gasteiger partial charge in [0.25, 0.3) is 11.8 Å². The molecule has 0 spiro atoms. The van der Waals surface area contributed by atoms with E-state index in [1.165, 1.54) is 43.5 Å². The third kappa shape index (κ3) is 4.36. The van der Waals surface area contributed by atoms with Crippen molar-refractivity contribution in [3.05, 3.63) is 58.1 Å². The first-order chi connectivity index (χ1) is 14.8. The zero-order chi connectivity index (χ0) is 22.7. The molecule has 160 valence electrons. The molecule has 2 aromatic carbocycles. The molecular weight excluding hydrogens is 428 g/mol. The van der Waals surface area contributed by atoms with Gasteiger partial charge in [0.1, 0.15) is 5.57 Å². The number of nitrogens with zero attached hydrogens (tertiary/aromatic N) is 1. The van der Waals surface area contributed by atoms with Crippen molar-refractivity contribution in [3.63, 3.8) is 0 Å². The lowest BCUT2D eigenvalue weighted by Crippen LogP contribution is -2.54. The quantitative estimate of drug-likeness (QED) is 0.518. The van der Waals surface area contributed by atoms with Gasteiger partial charge < -0.3 is 14.6 Å². The zero-order valence-corrected chi connectivity index (χ0v) is 17.2. The Morgan fingerprint density at radius 2 is 1.87 bits per heavy atom. The first-order valence-corrected chi connectivity index (χ1v) is 9.39. The third-order valence-electron chi connectivity index (χ3n) is 4.32. The number of methoxy groups -OCH3 is 1. The molecule has 4 amide bonds. The van der Waals surface area contributed by atoms with Gasteiger partial charge in [-0.3, -0.25) is 14.9 Å². The van der Waals surface area contributed by atoms with Crippen LogP contribution in [0.15, 0.2) is 42.0 Å². The molecule has 9 nitrogen and oxygen atoms in total. The van der Waals surface area contributed by atoms with Crippen molar-refractivity contribution >= 4 is 47.2 Å². The SMILES string of the molecule is CCOc1cc(/C=C2\C(=O)NC(=O)N(c3ccc(C(=O)O)cc3)C2=O)cc(Cl)c1OC. The lowest BCUT2D eigenvalue weighted by Gasteiger charge is -2.26. The number of anilines is 1. The van der Waals surface area contributed by atoms with Crippen molar-refractivity contribution < 1.29 is 33.8 Å². The maximum Gasteiger partial charge on any atom is 0.335 e. The van der Waals surface area contributed by atoms with Crippen molar-refractivity contribution in [1.82, 2.24) is 5.32 Å². The maximum atomic E-state index is 13.0.